The monoisotopic (exact) mass is 715 g/mol. The number of nitrogens with zero attached hydrogens (tertiary/aromatic N) is 3. The van der Waals surface area contributed by atoms with Crippen LogP contribution in [-0.4, -0.2) is 104 Å². The zero-order valence-electron chi connectivity index (χ0n) is 29.6. The first-order chi connectivity index (χ1) is 25.1. The van der Waals surface area contributed by atoms with Crippen LogP contribution in [0.15, 0.2) is 85.5 Å². The maximum absolute atomic E-state index is 14.5. The van der Waals surface area contributed by atoms with E-state index in [0.29, 0.717) is 42.2 Å². The minimum atomic E-state index is -1.02. The van der Waals surface area contributed by atoms with Gasteiger partial charge in [0.15, 0.2) is 0 Å². The van der Waals surface area contributed by atoms with Gasteiger partial charge >= 0.3 is 6.03 Å². The number of anilines is 2. The molecule has 1 aliphatic heterocycles. The van der Waals surface area contributed by atoms with Crippen LogP contribution < -0.4 is 37.4 Å². The molecule has 3 aromatic rings. The zero-order valence-corrected chi connectivity index (χ0v) is 29.6. The van der Waals surface area contributed by atoms with Crippen LogP contribution in [0.5, 0.6) is 5.75 Å². The van der Waals surface area contributed by atoms with Gasteiger partial charge in [-0.1, -0.05) is 60.7 Å². The summed E-state index contributed by atoms with van der Waals surface area (Å²) in [4.78, 5) is 57.6. The molecule has 2 atom stereocenters. The molecule has 3 aromatic carbocycles. The molecular formula is C37H49N9O6. The molecule has 0 aliphatic carbocycles. The van der Waals surface area contributed by atoms with Crippen molar-refractivity contribution in [1.29, 1.82) is 0 Å². The number of ether oxygens (including phenoxy) is 1. The second-order valence-corrected chi connectivity index (χ2v) is 12.2. The van der Waals surface area contributed by atoms with Crippen molar-refractivity contribution in [2.45, 2.75) is 31.7 Å². The first-order valence-corrected chi connectivity index (χ1v) is 17.0. The van der Waals surface area contributed by atoms with Gasteiger partial charge in [0.25, 0.3) is 0 Å². The number of hydrogen-bond donors (Lipinski definition) is 7. The molecule has 1 saturated heterocycles. The number of amides is 5. The Morgan fingerprint density at radius 2 is 1.79 bits per heavy atom. The highest BCUT2D eigenvalue weighted by Crippen LogP contribution is 2.30. The Hall–Kier alpha value is -5.64. The maximum atomic E-state index is 14.5. The highest BCUT2D eigenvalue weighted by molar-refractivity contribution is 5.91. The van der Waals surface area contributed by atoms with Crippen molar-refractivity contribution in [3.05, 3.63) is 102 Å². The predicted octanol–water partition coefficient (Wildman–Crippen LogP) is 1.06. The van der Waals surface area contributed by atoms with E-state index in [1.807, 2.05) is 36.4 Å². The number of aromatic hydroxyl groups is 1. The van der Waals surface area contributed by atoms with Crippen LogP contribution in [-0.2, 0) is 38.6 Å². The molecule has 8 N–H and O–H groups in total. The van der Waals surface area contributed by atoms with Crippen molar-refractivity contribution in [1.82, 2.24) is 36.5 Å². The fraction of sp³-hybridized carbons (Fsp3) is 0.351. The number of nitrogens with two attached hydrogens (primary N) is 1. The molecule has 2 unspecified atom stereocenters. The first kappa shape index (κ1) is 39.2. The first-order valence-electron chi connectivity index (χ1n) is 17.0. The van der Waals surface area contributed by atoms with Crippen molar-refractivity contribution in [3.8, 4) is 5.75 Å². The molecule has 1 fully saturated rings. The summed E-state index contributed by atoms with van der Waals surface area (Å²) in [6.45, 7) is 4.83. The lowest BCUT2D eigenvalue weighted by Crippen LogP contribution is -2.69. The van der Waals surface area contributed by atoms with Crippen LogP contribution in [0.25, 0.3) is 0 Å². The number of para-hydroxylation sites is 1. The largest absolute Gasteiger partial charge is 0.508 e. The number of carbonyl (C=O) groups excluding carboxylic acids is 4. The number of urea groups is 1. The van der Waals surface area contributed by atoms with Crippen molar-refractivity contribution in [2.24, 2.45) is 0 Å². The maximum Gasteiger partial charge on any atom is 0.316 e. The summed E-state index contributed by atoms with van der Waals surface area (Å²) in [7, 11) is 3.21. The number of hydrogen-bond acceptors (Lipinski definition) is 10. The zero-order chi connectivity index (χ0) is 37.5. The molecule has 5 amide bonds. The van der Waals surface area contributed by atoms with Crippen molar-refractivity contribution < 1.29 is 29.0 Å². The summed E-state index contributed by atoms with van der Waals surface area (Å²) < 4.78 is 5.03. The van der Waals surface area contributed by atoms with Crippen molar-refractivity contribution in [2.75, 3.05) is 64.2 Å². The molecule has 15 heteroatoms. The molecule has 0 bridgehead atoms. The Morgan fingerprint density at radius 1 is 1.04 bits per heavy atom. The van der Waals surface area contributed by atoms with E-state index in [0.717, 1.165) is 5.56 Å². The second-order valence-electron chi connectivity index (χ2n) is 12.2. The van der Waals surface area contributed by atoms with E-state index in [1.54, 1.807) is 54.4 Å². The Balaban J connectivity index is 1.68. The van der Waals surface area contributed by atoms with Gasteiger partial charge in [-0.05, 0) is 34.9 Å². The second kappa shape index (κ2) is 19.7. The van der Waals surface area contributed by atoms with Crippen molar-refractivity contribution >= 4 is 35.1 Å². The summed E-state index contributed by atoms with van der Waals surface area (Å²) in [5, 5.41) is 23.1. The molecule has 0 aromatic heterocycles. The number of phenols is 1. The van der Waals surface area contributed by atoms with Crippen LogP contribution in [0, 0.1) is 0 Å². The van der Waals surface area contributed by atoms with Gasteiger partial charge < -0.3 is 46.6 Å². The van der Waals surface area contributed by atoms with E-state index in [1.165, 1.54) is 17.0 Å². The quantitative estimate of drug-likeness (QED) is 0.0434. The number of benzene rings is 3. The number of phenolic OH excluding ortho intramolecular Hbond substituents is 1. The molecule has 1 aliphatic rings. The molecular weight excluding hydrogens is 666 g/mol. The third kappa shape index (κ3) is 10.9. The highest BCUT2D eigenvalue weighted by Gasteiger charge is 2.44. The van der Waals surface area contributed by atoms with Crippen LogP contribution in [0.2, 0.25) is 0 Å². The van der Waals surface area contributed by atoms with Crippen LogP contribution in [0.3, 0.4) is 0 Å². The Kier molecular flexibility index (Phi) is 14.8. The van der Waals surface area contributed by atoms with Gasteiger partial charge in [-0.3, -0.25) is 19.4 Å². The number of carbonyl (C=O) groups is 4. The van der Waals surface area contributed by atoms with Crippen LogP contribution in [0.4, 0.5) is 16.2 Å². The van der Waals surface area contributed by atoms with Gasteiger partial charge in [0.1, 0.15) is 24.5 Å². The van der Waals surface area contributed by atoms with Gasteiger partial charge in [-0.2, -0.15) is 0 Å². The number of nitrogen functional groups attached to an aromatic ring is 1. The van der Waals surface area contributed by atoms with Crippen LogP contribution in [0.1, 0.15) is 16.7 Å². The fourth-order valence-corrected chi connectivity index (χ4v) is 5.97. The number of nitrogens with one attached hydrogen (secondary N) is 5. The summed E-state index contributed by atoms with van der Waals surface area (Å²) in [6, 6.07) is 19.5. The van der Waals surface area contributed by atoms with Gasteiger partial charge in [0, 0.05) is 46.8 Å². The fourth-order valence-electron chi connectivity index (χ4n) is 5.97. The van der Waals surface area contributed by atoms with Crippen molar-refractivity contribution in [3.63, 3.8) is 0 Å². The van der Waals surface area contributed by atoms with E-state index in [2.05, 4.69) is 33.3 Å². The minimum absolute atomic E-state index is 0.0395. The molecule has 1 heterocycles. The predicted molar refractivity (Wildman–Crippen MR) is 199 cm³/mol. The lowest BCUT2D eigenvalue weighted by Gasteiger charge is -2.46. The molecule has 278 valence electrons. The third-order valence-corrected chi connectivity index (χ3v) is 8.46. The molecule has 52 heavy (non-hydrogen) atoms. The Bertz CT molecular complexity index is 1660. The summed E-state index contributed by atoms with van der Waals surface area (Å²) in [5.41, 5.74) is 12.6. The number of hydrazine groups is 1. The minimum Gasteiger partial charge on any atom is -0.508 e. The number of methoxy groups -OCH3 is 1. The molecule has 15 nitrogen and oxygen atoms in total. The smallest absolute Gasteiger partial charge is 0.316 e. The lowest BCUT2D eigenvalue weighted by molar-refractivity contribution is -0.157. The number of rotatable bonds is 18. The molecule has 4 rings (SSSR count). The van der Waals surface area contributed by atoms with Gasteiger partial charge in [-0.15, -0.1) is 6.58 Å². The number of piperazine rings is 1. The Morgan fingerprint density at radius 3 is 2.48 bits per heavy atom. The summed E-state index contributed by atoms with van der Waals surface area (Å²) >= 11 is 0. The summed E-state index contributed by atoms with van der Waals surface area (Å²) in [6.07, 6.45) is 0.809. The van der Waals surface area contributed by atoms with Gasteiger partial charge in [0.05, 0.1) is 31.1 Å². The standard InChI is InChI=1S/C37H49N9O6/c1-4-17-40-22-34(49)46-31(20-26-13-15-29(47)16-14-26)36(50)44(24-32(46)43-37(51)42-21-27-9-6-5-7-10-27)23-28-11-8-12-30(38)35(28)45(39-2)25-33(48)41-18-19-52-3/h4-16,31-32,39-40,47H,1,17-25,38H2,2-3H3,(H,41,48)(H2,42,43,51). The lowest BCUT2D eigenvalue weighted by atomic mass is 9.98. The van der Waals surface area contributed by atoms with E-state index in [4.69, 9.17) is 10.5 Å². The molecule has 0 saturated carbocycles. The summed E-state index contributed by atoms with van der Waals surface area (Å²) in [5.74, 6) is -0.951. The molecule has 0 radical (unpaired) electrons. The van der Waals surface area contributed by atoms with E-state index >= 15 is 0 Å². The SMILES string of the molecule is C=CCNCC(=O)N1C(NC(=O)NCc2ccccc2)CN(Cc2cccc(N)c2N(CC(=O)NCCOC)NC)C(=O)C1Cc1ccc(O)cc1. The molecule has 0 spiro atoms. The van der Waals surface area contributed by atoms with E-state index in [-0.39, 0.29) is 56.7 Å². The highest BCUT2D eigenvalue weighted by atomic mass is 16.5. The van der Waals surface area contributed by atoms with Gasteiger partial charge in [-0.25, -0.2) is 10.2 Å². The van der Waals surface area contributed by atoms with E-state index in [9.17, 15) is 24.3 Å². The third-order valence-electron chi connectivity index (χ3n) is 8.46. The normalized spacial score (nSPS) is 15.5. The average molecular weight is 716 g/mol. The van der Waals surface area contributed by atoms with Gasteiger partial charge in [0.2, 0.25) is 17.7 Å². The Labute approximate surface area is 304 Å². The van der Waals surface area contributed by atoms with E-state index < -0.39 is 24.1 Å². The average Bonchev–Trinajstić information content (AvgIpc) is 3.13. The van der Waals surface area contributed by atoms with Crippen LogP contribution >= 0.6 is 0 Å². The topological polar surface area (TPSA) is 194 Å².